The Bertz CT molecular complexity index is 433. The summed E-state index contributed by atoms with van der Waals surface area (Å²) in [6.45, 7) is 8.33. The Morgan fingerprint density at radius 3 is 2.93 bits per heavy atom. The van der Waals surface area contributed by atoms with E-state index < -0.39 is 0 Å². The number of nitrogens with zero attached hydrogens (tertiary/aromatic N) is 4. The van der Waals surface area contributed by atoms with Crippen molar-refractivity contribution in [3.8, 4) is 11.4 Å². The summed E-state index contributed by atoms with van der Waals surface area (Å²) in [4.78, 5) is 1.54. The van der Waals surface area contributed by atoms with E-state index in [9.17, 15) is 0 Å². The van der Waals surface area contributed by atoms with Gasteiger partial charge >= 0.3 is 0 Å². The van der Waals surface area contributed by atoms with Crippen LogP contribution in [0.2, 0.25) is 0 Å². The molecule has 70 valence electrons. The van der Waals surface area contributed by atoms with Crippen molar-refractivity contribution in [2.75, 3.05) is 0 Å². The molecule has 4 nitrogen and oxygen atoms in total. The molecule has 1 aromatic heterocycles. The molecule has 14 heavy (non-hydrogen) atoms. The Labute approximate surface area is 82.6 Å². The van der Waals surface area contributed by atoms with Gasteiger partial charge in [-0.2, -0.15) is 4.80 Å². The van der Waals surface area contributed by atoms with Crippen LogP contribution in [0.15, 0.2) is 24.3 Å². The summed E-state index contributed by atoms with van der Waals surface area (Å²) < 4.78 is 0. The zero-order valence-corrected chi connectivity index (χ0v) is 7.88. The third-order valence-corrected chi connectivity index (χ3v) is 1.88. The second-order valence-corrected chi connectivity index (χ2v) is 2.93. The van der Waals surface area contributed by atoms with Gasteiger partial charge in [-0.1, -0.05) is 18.2 Å². The van der Waals surface area contributed by atoms with Gasteiger partial charge in [-0.05, 0) is 30.7 Å². The lowest BCUT2D eigenvalue weighted by molar-refractivity contribution is 0.553. The Hall–Kier alpha value is -1.71. The van der Waals surface area contributed by atoms with Crippen molar-refractivity contribution in [3.05, 3.63) is 36.8 Å². The molecule has 0 bridgehead atoms. The fraction of sp³-hybridized carbons (Fsp3) is 0.200. The van der Waals surface area contributed by atoms with Crippen LogP contribution in [0.25, 0.3) is 11.4 Å². The monoisotopic (exact) mass is 186 g/mol. The molecule has 0 aliphatic heterocycles. The highest BCUT2D eigenvalue weighted by atomic mass is 15.6. The predicted octanol–water partition coefficient (Wildman–Crippen LogP) is 1.42. The Morgan fingerprint density at radius 1 is 1.43 bits per heavy atom. The summed E-state index contributed by atoms with van der Waals surface area (Å²) >= 11 is 0. The van der Waals surface area contributed by atoms with Crippen molar-refractivity contribution in [1.82, 2.24) is 20.2 Å². The molecular formula is C10H10N4. The Kier molecular flexibility index (Phi) is 2.26. The zero-order valence-electron chi connectivity index (χ0n) is 7.88. The van der Waals surface area contributed by atoms with E-state index in [0.717, 1.165) is 12.1 Å². The molecule has 0 aliphatic rings. The smallest absolute Gasteiger partial charge is 0.164 e. The molecule has 0 saturated heterocycles. The number of benzene rings is 1. The molecule has 0 fully saturated rings. The van der Waals surface area contributed by atoms with Crippen LogP contribution in [0.4, 0.5) is 0 Å². The summed E-state index contributed by atoms with van der Waals surface area (Å²) in [5.74, 6) is 0.610. The fourth-order valence-electron chi connectivity index (χ4n) is 1.17. The molecule has 0 unspecified atom stereocenters. The fourth-order valence-corrected chi connectivity index (χ4v) is 1.17. The number of aromatic nitrogens is 4. The van der Waals surface area contributed by atoms with Crippen LogP contribution in [0, 0.1) is 6.92 Å². The van der Waals surface area contributed by atoms with Gasteiger partial charge in [0.05, 0.1) is 6.54 Å². The molecule has 0 amide bonds. The van der Waals surface area contributed by atoms with E-state index in [1.165, 1.54) is 0 Å². The number of rotatable bonds is 2. The number of hydrogen-bond acceptors (Lipinski definition) is 3. The molecule has 0 N–H and O–H groups in total. The van der Waals surface area contributed by atoms with Gasteiger partial charge in [0.15, 0.2) is 0 Å². The first-order valence-corrected chi connectivity index (χ1v) is 4.43. The maximum Gasteiger partial charge on any atom is 0.204 e. The molecule has 4 heteroatoms. The third kappa shape index (κ3) is 1.64. The van der Waals surface area contributed by atoms with Crippen molar-refractivity contribution in [3.63, 3.8) is 0 Å². The van der Waals surface area contributed by atoms with Crippen LogP contribution in [0.1, 0.15) is 12.5 Å². The lowest BCUT2D eigenvalue weighted by atomic mass is 10.1. The second-order valence-electron chi connectivity index (χ2n) is 2.93. The van der Waals surface area contributed by atoms with E-state index in [1.54, 1.807) is 4.80 Å². The molecule has 0 saturated carbocycles. The molecule has 1 aromatic carbocycles. The van der Waals surface area contributed by atoms with E-state index in [0.29, 0.717) is 11.4 Å². The highest BCUT2D eigenvalue weighted by Gasteiger charge is 2.04. The van der Waals surface area contributed by atoms with Gasteiger partial charge in [0.25, 0.3) is 0 Å². The number of aryl methyl sites for hydroxylation is 1. The third-order valence-electron chi connectivity index (χ3n) is 1.88. The van der Waals surface area contributed by atoms with E-state index >= 15 is 0 Å². The first-order chi connectivity index (χ1) is 6.79. The van der Waals surface area contributed by atoms with Gasteiger partial charge in [-0.15, -0.1) is 10.2 Å². The quantitative estimate of drug-likeness (QED) is 0.712. The minimum Gasteiger partial charge on any atom is -0.164 e. The predicted molar refractivity (Wildman–Crippen MR) is 52.3 cm³/mol. The first-order valence-electron chi connectivity index (χ1n) is 4.43. The molecule has 0 aliphatic carbocycles. The van der Waals surface area contributed by atoms with Crippen LogP contribution in [0.3, 0.4) is 0 Å². The lowest BCUT2D eigenvalue weighted by Crippen LogP contribution is -1.98. The summed E-state index contributed by atoms with van der Waals surface area (Å²) in [5, 5.41) is 12.0. The summed E-state index contributed by atoms with van der Waals surface area (Å²) in [5.41, 5.74) is 1.60. The molecule has 0 spiro atoms. The van der Waals surface area contributed by atoms with Crippen LogP contribution in [0.5, 0.6) is 0 Å². The highest BCUT2D eigenvalue weighted by Crippen LogP contribution is 2.14. The average molecular weight is 186 g/mol. The maximum absolute atomic E-state index is 5.65. The topological polar surface area (TPSA) is 43.6 Å². The van der Waals surface area contributed by atoms with Crippen molar-refractivity contribution < 1.29 is 0 Å². The summed E-state index contributed by atoms with van der Waals surface area (Å²) in [6, 6.07) is 7.44. The molecule has 0 atom stereocenters. The van der Waals surface area contributed by atoms with Crippen molar-refractivity contribution >= 4 is 0 Å². The number of hydrogen-bond donors (Lipinski definition) is 0. The van der Waals surface area contributed by atoms with E-state index in [2.05, 4.69) is 15.4 Å². The zero-order chi connectivity index (χ0) is 9.97. The molecule has 2 radical (unpaired) electrons. The minimum absolute atomic E-state index is 0.610. The Balaban J connectivity index is 2.39. The largest absolute Gasteiger partial charge is 0.204 e. The summed E-state index contributed by atoms with van der Waals surface area (Å²) in [6.07, 6.45) is 0. The van der Waals surface area contributed by atoms with Gasteiger partial charge in [0.1, 0.15) is 0 Å². The average Bonchev–Trinajstić information content (AvgIpc) is 2.66. The van der Waals surface area contributed by atoms with Crippen molar-refractivity contribution in [1.29, 1.82) is 0 Å². The van der Waals surface area contributed by atoms with Gasteiger partial charge in [-0.25, -0.2) is 0 Å². The van der Waals surface area contributed by atoms with Gasteiger partial charge in [0, 0.05) is 5.56 Å². The highest BCUT2D eigenvalue weighted by molar-refractivity contribution is 5.55. The van der Waals surface area contributed by atoms with Gasteiger partial charge < -0.3 is 0 Å². The van der Waals surface area contributed by atoms with Crippen LogP contribution in [-0.4, -0.2) is 20.2 Å². The molecule has 1 heterocycles. The van der Waals surface area contributed by atoms with E-state index in [-0.39, 0.29) is 0 Å². The van der Waals surface area contributed by atoms with Crippen molar-refractivity contribution in [2.24, 2.45) is 0 Å². The van der Waals surface area contributed by atoms with Gasteiger partial charge in [-0.3, -0.25) is 0 Å². The van der Waals surface area contributed by atoms with Crippen LogP contribution in [-0.2, 0) is 6.54 Å². The Morgan fingerprint density at radius 2 is 2.29 bits per heavy atom. The first kappa shape index (κ1) is 8.87. The van der Waals surface area contributed by atoms with E-state index in [1.807, 2.05) is 31.2 Å². The molecule has 2 rings (SSSR count). The maximum atomic E-state index is 5.65. The molecule has 2 aromatic rings. The second kappa shape index (κ2) is 3.57. The lowest BCUT2D eigenvalue weighted by Gasteiger charge is -1.95. The standard InChI is InChI=1S/C10H10N4/c1-3-14-12-10(11-13-14)9-6-4-5-8(2)7-9/h2,4-7H,3H2,1H3. The van der Waals surface area contributed by atoms with E-state index in [4.69, 9.17) is 6.92 Å². The molecular weight excluding hydrogens is 176 g/mol. The summed E-state index contributed by atoms with van der Waals surface area (Å²) in [7, 11) is 0. The normalized spacial score (nSPS) is 10.4. The van der Waals surface area contributed by atoms with Crippen molar-refractivity contribution in [2.45, 2.75) is 13.5 Å². The van der Waals surface area contributed by atoms with Crippen LogP contribution < -0.4 is 0 Å². The SMILES string of the molecule is [CH]c1cccc(-c2nnn(CC)n2)c1. The van der Waals surface area contributed by atoms with Crippen LogP contribution >= 0.6 is 0 Å². The minimum atomic E-state index is 0.610. The van der Waals surface area contributed by atoms with Gasteiger partial charge in [0.2, 0.25) is 5.82 Å². The number of tetrazole rings is 1.